The molecular formula is C12H12FN3. The second-order valence-corrected chi connectivity index (χ2v) is 3.42. The molecule has 0 atom stereocenters. The molecule has 3 nitrogen and oxygen atoms in total. The summed E-state index contributed by atoms with van der Waals surface area (Å²) in [4.78, 5) is 7.99. The molecule has 0 radical (unpaired) electrons. The van der Waals surface area contributed by atoms with Gasteiger partial charge in [-0.1, -0.05) is 6.07 Å². The Balaban J connectivity index is 2.36. The summed E-state index contributed by atoms with van der Waals surface area (Å²) in [7, 11) is 0. The van der Waals surface area contributed by atoms with E-state index < -0.39 is 5.95 Å². The van der Waals surface area contributed by atoms with Gasteiger partial charge < -0.3 is 5.73 Å². The molecule has 2 N–H and O–H groups in total. The number of nitrogens with zero attached hydrogens (tertiary/aromatic N) is 2. The number of hydrogen-bond donors (Lipinski definition) is 1. The Morgan fingerprint density at radius 2 is 2.12 bits per heavy atom. The molecule has 0 aliphatic heterocycles. The highest BCUT2D eigenvalue weighted by atomic mass is 19.1. The van der Waals surface area contributed by atoms with Crippen molar-refractivity contribution >= 4 is 0 Å². The zero-order chi connectivity index (χ0) is 11.4. The van der Waals surface area contributed by atoms with E-state index in [0.29, 0.717) is 18.7 Å². The van der Waals surface area contributed by atoms with Crippen molar-refractivity contribution in [1.29, 1.82) is 0 Å². The van der Waals surface area contributed by atoms with Crippen LogP contribution in [-0.4, -0.2) is 16.5 Å². The monoisotopic (exact) mass is 217 g/mol. The van der Waals surface area contributed by atoms with Crippen molar-refractivity contribution < 1.29 is 4.39 Å². The fraction of sp³-hybridized carbons (Fsp3) is 0.167. The third-order valence-corrected chi connectivity index (χ3v) is 2.23. The molecule has 16 heavy (non-hydrogen) atoms. The molecular weight excluding hydrogens is 205 g/mol. The molecule has 4 heteroatoms. The number of pyridine rings is 2. The van der Waals surface area contributed by atoms with Crippen LogP contribution in [0.3, 0.4) is 0 Å². The lowest BCUT2D eigenvalue weighted by Crippen LogP contribution is -2.04. The summed E-state index contributed by atoms with van der Waals surface area (Å²) in [6.45, 7) is 0.549. The highest BCUT2D eigenvalue weighted by molar-refractivity contribution is 5.58. The van der Waals surface area contributed by atoms with Gasteiger partial charge in [-0.05, 0) is 30.8 Å². The number of halogens is 1. The van der Waals surface area contributed by atoms with Crippen molar-refractivity contribution in [2.45, 2.75) is 6.42 Å². The van der Waals surface area contributed by atoms with E-state index in [1.54, 1.807) is 18.3 Å². The predicted molar refractivity (Wildman–Crippen MR) is 60.2 cm³/mol. The average Bonchev–Trinajstić information content (AvgIpc) is 2.30. The van der Waals surface area contributed by atoms with Gasteiger partial charge in [-0.15, -0.1) is 0 Å². The molecule has 0 unspecified atom stereocenters. The lowest BCUT2D eigenvalue weighted by molar-refractivity contribution is 0.585. The summed E-state index contributed by atoms with van der Waals surface area (Å²) in [5.74, 6) is -0.477. The molecule has 0 aliphatic carbocycles. The van der Waals surface area contributed by atoms with Crippen molar-refractivity contribution in [3.05, 3.63) is 48.2 Å². The van der Waals surface area contributed by atoms with Gasteiger partial charge in [0.25, 0.3) is 0 Å². The first-order valence-electron chi connectivity index (χ1n) is 5.07. The fourth-order valence-electron chi connectivity index (χ4n) is 1.49. The Morgan fingerprint density at radius 1 is 1.25 bits per heavy atom. The first-order chi connectivity index (χ1) is 7.79. The van der Waals surface area contributed by atoms with E-state index in [-0.39, 0.29) is 0 Å². The van der Waals surface area contributed by atoms with Crippen LogP contribution in [0.5, 0.6) is 0 Å². The van der Waals surface area contributed by atoms with Crippen LogP contribution in [0, 0.1) is 5.95 Å². The van der Waals surface area contributed by atoms with Gasteiger partial charge in [0.15, 0.2) is 0 Å². The highest BCUT2D eigenvalue weighted by Crippen LogP contribution is 2.17. The largest absolute Gasteiger partial charge is 0.330 e. The third kappa shape index (κ3) is 2.41. The van der Waals surface area contributed by atoms with Gasteiger partial charge in [0, 0.05) is 23.9 Å². The molecule has 0 fully saturated rings. The Labute approximate surface area is 93.2 Å². The van der Waals surface area contributed by atoms with Crippen molar-refractivity contribution in [2.75, 3.05) is 6.54 Å². The van der Waals surface area contributed by atoms with Crippen molar-refractivity contribution in [3.8, 4) is 11.3 Å². The zero-order valence-corrected chi connectivity index (χ0v) is 8.73. The summed E-state index contributed by atoms with van der Waals surface area (Å²) in [6, 6.07) is 8.42. The summed E-state index contributed by atoms with van der Waals surface area (Å²) in [6.07, 6.45) is 2.40. The van der Waals surface area contributed by atoms with E-state index in [1.165, 1.54) is 6.07 Å². The second-order valence-electron chi connectivity index (χ2n) is 3.42. The van der Waals surface area contributed by atoms with Crippen LogP contribution in [0.15, 0.2) is 36.5 Å². The molecule has 2 aromatic heterocycles. The van der Waals surface area contributed by atoms with Crippen molar-refractivity contribution in [3.63, 3.8) is 0 Å². The van der Waals surface area contributed by atoms with Crippen LogP contribution in [-0.2, 0) is 6.42 Å². The average molecular weight is 217 g/mol. The van der Waals surface area contributed by atoms with E-state index >= 15 is 0 Å². The number of hydrogen-bond acceptors (Lipinski definition) is 3. The third-order valence-electron chi connectivity index (χ3n) is 2.23. The van der Waals surface area contributed by atoms with Crippen LogP contribution in [0.2, 0.25) is 0 Å². The molecule has 0 amide bonds. The van der Waals surface area contributed by atoms with Crippen LogP contribution in [0.1, 0.15) is 5.69 Å². The van der Waals surface area contributed by atoms with Crippen molar-refractivity contribution in [2.24, 2.45) is 5.73 Å². The number of nitrogens with two attached hydrogens (primary N) is 1. The fourth-order valence-corrected chi connectivity index (χ4v) is 1.49. The molecule has 0 saturated carbocycles. The Bertz CT molecular complexity index is 485. The summed E-state index contributed by atoms with van der Waals surface area (Å²) in [5.41, 5.74) is 7.82. The van der Waals surface area contributed by atoms with E-state index in [9.17, 15) is 4.39 Å². The molecule has 2 heterocycles. The maximum atomic E-state index is 13.0. The Kier molecular flexibility index (Phi) is 3.22. The standard InChI is InChI=1S/C12H12FN3/c13-12-3-1-2-11(16-12)9-5-7-15-10(8-9)4-6-14/h1-3,5,7-8H,4,6,14H2. The highest BCUT2D eigenvalue weighted by Gasteiger charge is 2.02. The van der Waals surface area contributed by atoms with E-state index in [4.69, 9.17) is 5.73 Å². The normalized spacial score (nSPS) is 10.4. The Morgan fingerprint density at radius 3 is 2.88 bits per heavy atom. The van der Waals surface area contributed by atoms with Gasteiger partial charge in [-0.3, -0.25) is 4.98 Å². The number of aromatic nitrogens is 2. The summed E-state index contributed by atoms with van der Waals surface area (Å²) in [5, 5.41) is 0. The van der Waals surface area contributed by atoms with Crippen LogP contribution in [0.4, 0.5) is 4.39 Å². The lowest BCUT2D eigenvalue weighted by atomic mass is 10.1. The van der Waals surface area contributed by atoms with Gasteiger partial charge in [-0.2, -0.15) is 4.39 Å². The maximum absolute atomic E-state index is 13.0. The molecule has 0 spiro atoms. The lowest BCUT2D eigenvalue weighted by Gasteiger charge is -2.03. The summed E-state index contributed by atoms with van der Waals surface area (Å²) < 4.78 is 13.0. The second kappa shape index (κ2) is 4.81. The molecule has 0 aliphatic rings. The van der Waals surface area contributed by atoms with Gasteiger partial charge >= 0.3 is 0 Å². The molecule has 0 saturated heterocycles. The zero-order valence-electron chi connectivity index (χ0n) is 8.73. The van der Waals surface area contributed by atoms with E-state index in [2.05, 4.69) is 9.97 Å². The van der Waals surface area contributed by atoms with Gasteiger partial charge in [-0.25, -0.2) is 4.98 Å². The minimum atomic E-state index is -0.477. The van der Waals surface area contributed by atoms with Gasteiger partial charge in [0.2, 0.25) is 5.95 Å². The summed E-state index contributed by atoms with van der Waals surface area (Å²) >= 11 is 0. The quantitative estimate of drug-likeness (QED) is 0.797. The first kappa shape index (κ1) is 10.7. The van der Waals surface area contributed by atoms with E-state index in [0.717, 1.165) is 11.3 Å². The molecule has 2 aromatic rings. The topological polar surface area (TPSA) is 51.8 Å². The minimum Gasteiger partial charge on any atom is -0.330 e. The molecule has 0 bridgehead atoms. The predicted octanol–water partition coefficient (Wildman–Crippen LogP) is 1.78. The van der Waals surface area contributed by atoms with Crippen LogP contribution < -0.4 is 5.73 Å². The van der Waals surface area contributed by atoms with Crippen LogP contribution in [0.25, 0.3) is 11.3 Å². The molecule has 82 valence electrons. The first-order valence-corrected chi connectivity index (χ1v) is 5.07. The Hall–Kier alpha value is -1.81. The van der Waals surface area contributed by atoms with Crippen molar-refractivity contribution in [1.82, 2.24) is 9.97 Å². The van der Waals surface area contributed by atoms with Crippen LogP contribution >= 0.6 is 0 Å². The van der Waals surface area contributed by atoms with E-state index in [1.807, 2.05) is 12.1 Å². The SMILES string of the molecule is NCCc1cc(-c2cccc(F)n2)ccn1. The minimum absolute atomic E-state index is 0.477. The smallest absolute Gasteiger partial charge is 0.213 e. The molecule has 0 aromatic carbocycles. The van der Waals surface area contributed by atoms with Gasteiger partial charge in [0.1, 0.15) is 0 Å². The van der Waals surface area contributed by atoms with Gasteiger partial charge in [0.05, 0.1) is 5.69 Å². The molecule has 2 rings (SSSR count). The number of rotatable bonds is 3. The maximum Gasteiger partial charge on any atom is 0.213 e.